The van der Waals surface area contributed by atoms with Gasteiger partial charge in [0.05, 0.1) is 0 Å². The summed E-state index contributed by atoms with van der Waals surface area (Å²) >= 11 is 0. The second-order valence-electron chi connectivity index (χ2n) is 2.70. The van der Waals surface area contributed by atoms with Crippen LogP contribution in [0.4, 0.5) is 0 Å². The summed E-state index contributed by atoms with van der Waals surface area (Å²) in [5, 5.41) is 8.35. The Kier molecular flexibility index (Phi) is 2.49. The molecular weight excluding hydrogens is 128 g/mol. The summed E-state index contributed by atoms with van der Waals surface area (Å²) in [5.41, 5.74) is 0. The van der Waals surface area contributed by atoms with E-state index >= 15 is 0 Å². The number of allylic oxidation sites excluding steroid dienone is 2. The van der Waals surface area contributed by atoms with Gasteiger partial charge in [-0.25, -0.2) is 0 Å². The minimum absolute atomic E-state index is 0.314. The lowest BCUT2D eigenvalue weighted by Crippen LogP contribution is -1.99. The predicted octanol–water partition coefficient (Wildman–Crippen LogP) is 1.82. The van der Waals surface area contributed by atoms with Crippen LogP contribution in [0.25, 0.3) is 0 Å². The van der Waals surface area contributed by atoms with Crippen LogP contribution in [0.15, 0.2) is 12.2 Å². The Morgan fingerprint density at radius 2 is 2.50 bits per heavy atom. The Balaban J connectivity index is 2.13. The van der Waals surface area contributed by atoms with Crippen molar-refractivity contribution >= 4 is 5.97 Å². The average Bonchev–Trinajstić information content (AvgIpc) is 2.34. The van der Waals surface area contributed by atoms with Crippen LogP contribution in [0.2, 0.25) is 0 Å². The third-order valence-corrected chi connectivity index (χ3v) is 1.84. The van der Waals surface area contributed by atoms with E-state index in [4.69, 9.17) is 5.11 Å². The van der Waals surface area contributed by atoms with E-state index in [1.54, 1.807) is 0 Å². The van der Waals surface area contributed by atoms with E-state index in [0.29, 0.717) is 12.3 Å². The normalized spacial score (nSPS) is 23.4. The molecular formula is C8H12O2. The fraction of sp³-hybridized carbons (Fsp3) is 0.625. The monoisotopic (exact) mass is 140 g/mol. The maximum atomic E-state index is 10.1. The van der Waals surface area contributed by atoms with Crippen LogP contribution >= 0.6 is 0 Å². The second kappa shape index (κ2) is 3.40. The van der Waals surface area contributed by atoms with E-state index in [1.807, 2.05) is 0 Å². The van der Waals surface area contributed by atoms with Crippen LogP contribution in [0.5, 0.6) is 0 Å². The predicted molar refractivity (Wildman–Crippen MR) is 38.7 cm³/mol. The van der Waals surface area contributed by atoms with Crippen molar-refractivity contribution in [2.75, 3.05) is 0 Å². The van der Waals surface area contributed by atoms with Gasteiger partial charge in [0, 0.05) is 6.42 Å². The molecule has 56 valence electrons. The number of hydrogen-bond acceptors (Lipinski definition) is 1. The molecule has 0 aliphatic heterocycles. The number of hydrogen-bond donors (Lipinski definition) is 1. The van der Waals surface area contributed by atoms with Crippen molar-refractivity contribution in [1.29, 1.82) is 0 Å². The molecule has 2 nitrogen and oxygen atoms in total. The number of carbonyl (C=O) groups is 1. The maximum absolute atomic E-state index is 10.1. The van der Waals surface area contributed by atoms with E-state index in [1.165, 1.54) is 0 Å². The highest BCUT2D eigenvalue weighted by atomic mass is 16.4. The molecule has 0 bridgehead atoms. The van der Waals surface area contributed by atoms with Gasteiger partial charge in [-0.3, -0.25) is 4.79 Å². The van der Waals surface area contributed by atoms with E-state index in [9.17, 15) is 4.79 Å². The summed E-state index contributed by atoms with van der Waals surface area (Å²) in [6.45, 7) is 0. The van der Waals surface area contributed by atoms with Crippen LogP contribution in [-0.4, -0.2) is 11.1 Å². The SMILES string of the molecule is O=C(O)CC[C@H]1C=CCC1. The molecule has 10 heavy (non-hydrogen) atoms. The van der Waals surface area contributed by atoms with Gasteiger partial charge in [0.1, 0.15) is 0 Å². The molecule has 1 rings (SSSR count). The lowest BCUT2D eigenvalue weighted by Gasteiger charge is -2.02. The summed E-state index contributed by atoms with van der Waals surface area (Å²) in [7, 11) is 0. The van der Waals surface area contributed by atoms with Crippen LogP contribution in [0, 0.1) is 5.92 Å². The smallest absolute Gasteiger partial charge is 0.303 e. The Labute approximate surface area is 60.6 Å². The van der Waals surface area contributed by atoms with Gasteiger partial charge in [-0.1, -0.05) is 12.2 Å². The Morgan fingerprint density at radius 1 is 1.70 bits per heavy atom. The van der Waals surface area contributed by atoms with Crippen molar-refractivity contribution < 1.29 is 9.90 Å². The van der Waals surface area contributed by atoms with Gasteiger partial charge < -0.3 is 5.11 Å². The molecule has 0 heterocycles. The summed E-state index contributed by atoms with van der Waals surface area (Å²) in [6, 6.07) is 0. The van der Waals surface area contributed by atoms with Gasteiger partial charge in [0.2, 0.25) is 0 Å². The Bertz CT molecular complexity index is 149. The standard InChI is InChI=1S/C8H12O2/c9-8(10)6-5-7-3-1-2-4-7/h1,3,7H,2,4-6H2,(H,9,10)/t7-/m0/s1. The van der Waals surface area contributed by atoms with Gasteiger partial charge in [-0.05, 0) is 25.2 Å². The molecule has 1 aliphatic carbocycles. The lowest BCUT2D eigenvalue weighted by atomic mass is 10.0. The molecule has 1 N–H and O–H groups in total. The molecule has 0 amide bonds. The fourth-order valence-electron chi connectivity index (χ4n) is 1.24. The molecule has 0 saturated heterocycles. The average molecular weight is 140 g/mol. The molecule has 0 radical (unpaired) electrons. The second-order valence-corrected chi connectivity index (χ2v) is 2.70. The first kappa shape index (κ1) is 7.32. The highest BCUT2D eigenvalue weighted by Crippen LogP contribution is 2.21. The molecule has 0 unspecified atom stereocenters. The highest BCUT2D eigenvalue weighted by Gasteiger charge is 2.09. The number of carboxylic acids is 1. The fourth-order valence-corrected chi connectivity index (χ4v) is 1.24. The molecule has 2 heteroatoms. The summed E-state index contributed by atoms with van der Waals surface area (Å²) in [4.78, 5) is 10.1. The molecule has 0 aromatic rings. The first-order valence-corrected chi connectivity index (χ1v) is 3.67. The van der Waals surface area contributed by atoms with Crippen molar-refractivity contribution in [3.63, 3.8) is 0 Å². The van der Waals surface area contributed by atoms with E-state index in [2.05, 4.69) is 12.2 Å². The van der Waals surface area contributed by atoms with E-state index < -0.39 is 5.97 Å². The van der Waals surface area contributed by atoms with Gasteiger partial charge in [-0.15, -0.1) is 0 Å². The first-order chi connectivity index (χ1) is 4.79. The van der Waals surface area contributed by atoms with Crippen LogP contribution in [-0.2, 0) is 4.79 Å². The Morgan fingerprint density at radius 3 is 3.00 bits per heavy atom. The van der Waals surface area contributed by atoms with Crippen molar-refractivity contribution in [3.05, 3.63) is 12.2 Å². The minimum atomic E-state index is -0.680. The third kappa shape index (κ3) is 2.21. The maximum Gasteiger partial charge on any atom is 0.303 e. The molecule has 0 saturated carbocycles. The topological polar surface area (TPSA) is 37.3 Å². The third-order valence-electron chi connectivity index (χ3n) is 1.84. The highest BCUT2D eigenvalue weighted by molar-refractivity contribution is 5.66. The minimum Gasteiger partial charge on any atom is -0.481 e. The largest absolute Gasteiger partial charge is 0.481 e. The van der Waals surface area contributed by atoms with E-state index in [0.717, 1.165) is 19.3 Å². The molecule has 0 aromatic heterocycles. The molecule has 1 aliphatic rings. The van der Waals surface area contributed by atoms with Gasteiger partial charge in [-0.2, -0.15) is 0 Å². The number of carboxylic acid groups (broad SMARTS) is 1. The van der Waals surface area contributed by atoms with Gasteiger partial charge >= 0.3 is 5.97 Å². The number of rotatable bonds is 3. The molecule has 0 fully saturated rings. The zero-order valence-electron chi connectivity index (χ0n) is 5.92. The van der Waals surface area contributed by atoms with Crippen LogP contribution in [0.3, 0.4) is 0 Å². The van der Waals surface area contributed by atoms with Gasteiger partial charge in [0.15, 0.2) is 0 Å². The van der Waals surface area contributed by atoms with Crippen molar-refractivity contribution in [3.8, 4) is 0 Å². The van der Waals surface area contributed by atoms with Gasteiger partial charge in [0.25, 0.3) is 0 Å². The van der Waals surface area contributed by atoms with Crippen LogP contribution < -0.4 is 0 Å². The lowest BCUT2D eigenvalue weighted by molar-refractivity contribution is -0.137. The first-order valence-electron chi connectivity index (χ1n) is 3.67. The van der Waals surface area contributed by atoms with Crippen molar-refractivity contribution in [1.82, 2.24) is 0 Å². The molecule has 1 atom stereocenters. The zero-order valence-corrected chi connectivity index (χ0v) is 5.92. The summed E-state index contributed by atoms with van der Waals surface area (Å²) in [6.07, 6.45) is 7.66. The van der Waals surface area contributed by atoms with E-state index in [-0.39, 0.29) is 0 Å². The summed E-state index contributed by atoms with van der Waals surface area (Å²) < 4.78 is 0. The number of aliphatic carboxylic acids is 1. The molecule has 0 aromatic carbocycles. The van der Waals surface area contributed by atoms with Crippen molar-refractivity contribution in [2.24, 2.45) is 5.92 Å². The van der Waals surface area contributed by atoms with Crippen molar-refractivity contribution in [2.45, 2.75) is 25.7 Å². The zero-order chi connectivity index (χ0) is 7.40. The summed E-state index contributed by atoms with van der Waals surface area (Å²) in [5.74, 6) is -0.142. The molecule has 0 spiro atoms. The quantitative estimate of drug-likeness (QED) is 0.607. The van der Waals surface area contributed by atoms with Crippen LogP contribution in [0.1, 0.15) is 25.7 Å². The Hall–Kier alpha value is -0.790.